The Morgan fingerprint density at radius 1 is 1.38 bits per heavy atom. The van der Waals surface area contributed by atoms with Gasteiger partial charge < -0.3 is 9.16 Å². The molecular formula is C16H29FO3Si. The van der Waals surface area contributed by atoms with Crippen molar-refractivity contribution in [1.29, 1.82) is 0 Å². The van der Waals surface area contributed by atoms with Gasteiger partial charge in [-0.3, -0.25) is 0 Å². The first-order valence-corrected chi connectivity index (χ1v) is 10.7. The van der Waals surface area contributed by atoms with Crippen molar-refractivity contribution >= 4 is 14.3 Å². The third-order valence-electron chi connectivity index (χ3n) is 4.68. The minimum Gasteiger partial charge on any atom is -0.461 e. The predicted octanol–water partition coefficient (Wildman–Crippen LogP) is 4.60. The Labute approximate surface area is 129 Å². The van der Waals surface area contributed by atoms with E-state index in [1.165, 1.54) is 0 Å². The SMILES string of the molecule is CCOC(=O)/C(F)=C1\CCCC1CO[Si](C)(C)C(C)(C)C. The zero-order chi connectivity index (χ0) is 16.3. The first-order chi connectivity index (χ1) is 9.60. The lowest BCUT2D eigenvalue weighted by Crippen LogP contribution is -2.41. The maximum absolute atomic E-state index is 14.2. The number of halogens is 1. The normalized spacial score (nSPS) is 22.3. The molecule has 1 saturated carbocycles. The van der Waals surface area contributed by atoms with E-state index in [4.69, 9.17) is 9.16 Å². The van der Waals surface area contributed by atoms with Crippen LogP contribution >= 0.6 is 0 Å². The second kappa shape index (κ2) is 7.05. The van der Waals surface area contributed by atoms with Crippen LogP contribution in [0, 0.1) is 5.92 Å². The molecule has 0 aromatic heterocycles. The standard InChI is InChI=1S/C16H29FO3Si/c1-7-19-15(18)14(17)13-10-8-9-12(13)11-20-21(5,6)16(2,3)4/h12H,7-11H2,1-6H3/b14-13-. The Bertz CT molecular complexity index is 410. The topological polar surface area (TPSA) is 35.5 Å². The van der Waals surface area contributed by atoms with Gasteiger partial charge in [0.05, 0.1) is 6.61 Å². The second-order valence-electron chi connectivity index (χ2n) is 7.22. The van der Waals surface area contributed by atoms with Gasteiger partial charge in [0, 0.05) is 12.5 Å². The molecule has 0 bridgehead atoms. The van der Waals surface area contributed by atoms with Gasteiger partial charge in [0.15, 0.2) is 8.32 Å². The summed E-state index contributed by atoms with van der Waals surface area (Å²) in [6.07, 6.45) is 2.43. The molecule has 0 aromatic rings. The van der Waals surface area contributed by atoms with E-state index in [0.717, 1.165) is 12.8 Å². The number of esters is 1. The van der Waals surface area contributed by atoms with Gasteiger partial charge >= 0.3 is 5.97 Å². The van der Waals surface area contributed by atoms with E-state index in [2.05, 4.69) is 33.9 Å². The lowest BCUT2D eigenvalue weighted by molar-refractivity contribution is -0.140. The van der Waals surface area contributed by atoms with E-state index in [9.17, 15) is 9.18 Å². The predicted molar refractivity (Wildman–Crippen MR) is 85.3 cm³/mol. The molecule has 0 spiro atoms. The summed E-state index contributed by atoms with van der Waals surface area (Å²) < 4.78 is 25.1. The van der Waals surface area contributed by atoms with Gasteiger partial charge in [0.1, 0.15) is 0 Å². The third kappa shape index (κ3) is 4.64. The van der Waals surface area contributed by atoms with E-state index in [-0.39, 0.29) is 17.6 Å². The van der Waals surface area contributed by atoms with Crippen molar-refractivity contribution < 1.29 is 18.3 Å². The van der Waals surface area contributed by atoms with E-state index in [1.807, 2.05) is 0 Å². The first kappa shape index (κ1) is 18.4. The van der Waals surface area contributed by atoms with Crippen molar-refractivity contribution in [3.8, 4) is 0 Å². The van der Waals surface area contributed by atoms with Crippen LogP contribution in [-0.4, -0.2) is 27.5 Å². The van der Waals surface area contributed by atoms with Crippen molar-refractivity contribution in [1.82, 2.24) is 0 Å². The van der Waals surface area contributed by atoms with Crippen LogP contribution in [-0.2, 0) is 14.0 Å². The lowest BCUT2D eigenvalue weighted by Gasteiger charge is -2.37. The van der Waals surface area contributed by atoms with Gasteiger partial charge in [-0.15, -0.1) is 0 Å². The Kier molecular flexibility index (Phi) is 6.17. The number of carbonyl (C=O) groups is 1. The van der Waals surface area contributed by atoms with Gasteiger partial charge in [-0.2, -0.15) is 4.39 Å². The summed E-state index contributed by atoms with van der Waals surface area (Å²) >= 11 is 0. The summed E-state index contributed by atoms with van der Waals surface area (Å²) in [7, 11) is -1.84. The molecule has 1 aliphatic carbocycles. The van der Waals surface area contributed by atoms with E-state index in [0.29, 0.717) is 18.6 Å². The third-order valence-corrected chi connectivity index (χ3v) is 9.18. The quantitative estimate of drug-likeness (QED) is 0.422. The Morgan fingerprint density at radius 3 is 2.52 bits per heavy atom. The molecule has 5 heteroatoms. The average Bonchev–Trinajstić information content (AvgIpc) is 2.82. The summed E-state index contributed by atoms with van der Waals surface area (Å²) in [4.78, 5) is 11.5. The minimum atomic E-state index is -1.84. The van der Waals surface area contributed by atoms with Crippen LogP contribution < -0.4 is 0 Å². The van der Waals surface area contributed by atoms with Gasteiger partial charge in [-0.25, -0.2) is 4.79 Å². The average molecular weight is 316 g/mol. The molecule has 0 amide bonds. The molecule has 1 atom stereocenters. The van der Waals surface area contributed by atoms with Crippen LogP contribution in [0.3, 0.4) is 0 Å². The van der Waals surface area contributed by atoms with E-state index in [1.54, 1.807) is 6.92 Å². The summed E-state index contributed by atoms with van der Waals surface area (Å²) in [5, 5.41) is 0.134. The first-order valence-electron chi connectivity index (χ1n) is 7.79. The Balaban J connectivity index is 2.75. The van der Waals surface area contributed by atoms with Crippen LogP contribution in [0.5, 0.6) is 0 Å². The van der Waals surface area contributed by atoms with Crippen molar-refractivity contribution in [3.63, 3.8) is 0 Å². The molecule has 0 aromatic carbocycles. The number of ether oxygens (including phenoxy) is 1. The molecule has 3 nitrogen and oxygen atoms in total. The molecule has 0 radical (unpaired) electrons. The van der Waals surface area contributed by atoms with Gasteiger partial charge in [0.25, 0.3) is 0 Å². The smallest absolute Gasteiger partial charge is 0.367 e. The summed E-state index contributed by atoms with van der Waals surface area (Å²) in [6, 6.07) is 0. The van der Waals surface area contributed by atoms with E-state index >= 15 is 0 Å². The largest absolute Gasteiger partial charge is 0.461 e. The van der Waals surface area contributed by atoms with Crippen LogP contribution in [0.2, 0.25) is 18.1 Å². The maximum Gasteiger partial charge on any atom is 0.367 e. The summed E-state index contributed by atoms with van der Waals surface area (Å²) in [6.45, 7) is 13.3. The zero-order valence-corrected chi connectivity index (χ0v) is 15.2. The van der Waals surface area contributed by atoms with Crippen LogP contribution in [0.25, 0.3) is 0 Å². The highest BCUT2D eigenvalue weighted by atomic mass is 28.4. The van der Waals surface area contributed by atoms with Crippen molar-refractivity contribution in [2.75, 3.05) is 13.2 Å². The molecule has 0 saturated heterocycles. The molecule has 1 rings (SSSR count). The van der Waals surface area contributed by atoms with Crippen molar-refractivity contribution in [3.05, 3.63) is 11.4 Å². The Morgan fingerprint density at radius 2 is 2.00 bits per heavy atom. The highest BCUT2D eigenvalue weighted by Crippen LogP contribution is 2.39. The number of carbonyl (C=O) groups excluding carboxylic acids is 1. The van der Waals surface area contributed by atoms with Crippen molar-refractivity contribution in [2.45, 2.75) is 65.1 Å². The lowest BCUT2D eigenvalue weighted by atomic mass is 10.0. The monoisotopic (exact) mass is 316 g/mol. The van der Waals surface area contributed by atoms with Gasteiger partial charge in [-0.1, -0.05) is 20.8 Å². The highest BCUT2D eigenvalue weighted by Gasteiger charge is 2.38. The molecule has 0 N–H and O–H groups in total. The van der Waals surface area contributed by atoms with Crippen LogP contribution in [0.1, 0.15) is 47.0 Å². The minimum absolute atomic E-state index is 0.0172. The molecule has 122 valence electrons. The molecule has 0 aliphatic heterocycles. The molecule has 0 heterocycles. The van der Waals surface area contributed by atoms with Crippen molar-refractivity contribution in [2.24, 2.45) is 5.92 Å². The molecule has 1 unspecified atom stereocenters. The zero-order valence-electron chi connectivity index (χ0n) is 14.2. The van der Waals surface area contributed by atoms with Crippen LogP contribution in [0.15, 0.2) is 11.4 Å². The molecular weight excluding hydrogens is 287 g/mol. The molecule has 1 aliphatic rings. The Hall–Kier alpha value is -0.683. The highest BCUT2D eigenvalue weighted by molar-refractivity contribution is 6.74. The fourth-order valence-corrected chi connectivity index (χ4v) is 3.29. The van der Waals surface area contributed by atoms with Gasteiger partial charge in [0.2, 0.25) is 5.83 Å². The number of hydrogen-bond donors (Lipinski definition) is 0. The van der Waals surface area contributed by atoms with E-state index < -0.39 is 20.1 Å². The molecule has 21 heavy (non-hydrogen) atoms. The molecule has 1 fully saturated rings. The summed E-state index contributed by atoms with van der Waals surface area (Å²) in [5.41, 5.74) is 0.590. The maximum atomic E-state index is 14.2. The fourth-order valence-electron chi connectivity index (χ4n) is 2.24. The number of hydrogen-bond acceptors (Lipinski definition) is 3. The summed E-state index contributed by atoms with van der Waals surface area (Å²) in [5.74, 6) is -1.51. The second-order valence-corrected chi connectivity index (χ2v) is 12.0. The number of rotatable bonds is 5. The van der Waals surface area contributed by atoms with Crippen LogP contribution in [0.4, 0.5) is 4.39 Å². The fraction of sp³-hybridized carbons (Fsp3) is 0.812. The van der Waals surface area contributed by atoms with Gasteiger partial charge in [-0.05, 0) is 49.9 Å².